The van der Waals surface area contributed by atoms with Gasteiger partial charge >= 0.3 is 0 Å². The molecule has 2 fully saturated rings. The summed E-state index contributed by atoms with van der Waals surface area (Å²) in [5, 5.41) is 3.79. The molecule has 0 aromatic heterocycles. The molecule has 3 atom stereocenters. The van der Waals surface area contributed by atoms with E-state index < -0.39 is 0 Å². The van der Waals surface area contributed by atoms with E-state index in [0.29, 0.717) is 0 Å². The number of rotatable bonds is 2. The summed E-state index contributed by atoms with van der Waals surface area (Å²) in [4.78, 5) is 0. The molecule has 0 aliphatic carbocycles. The van der Waals surface area contributed by atoms with E-state index in [0.717, 1.165) is 18.0 Å². The molecule has 2 aliphatic rings. The van der Waals surface area contributed by atoms with Gasteiger partial charge in [-0.2, -0.15) is 23.5 Å². The van der Waals surface area contributed by atoms with Gasteiger partial charge in [0, 0.05) is 23.6 Å². The molecule has 2 rings (SSSR count). The Balaban J connectivity index is 1.77. The maximum absolute atomic E-state index is 3.79. The van der Waals surface area contributed by atoms with Gasteiger partial charge in [0.15, 0.2) is 0 Å². The molecular formula is C9H17NS2. The van der Waals surface area contributed by atoms with Gasteiger partial charge in [0.05, 0.1) is 0 Å². The molecule has 2 saturated heterocycles. The number of hydrogen-bond donors (Lipinski definition) is 1. The van der Waals surface area contributed by atoms with Crippen molar-refractivity contribution < 1.29 is 0 Å². The average Bonchev–Trinajstić information content (AvgIpc) is 2.65. The SMILES string of the molecule is CC1CSCC1NC1CCSC1. The third-order valence-electron chi connectivity index (χ3n) is 2.74. The minimum absolute atomic E-state index is 0.804. The lowest BCUT2D eigenvalue weighted by Crippen LogP contribution is -2.41. The van der Waals surface area contributed by atoms with Gasteiger partial charge in [-0.15, -0.1) is 0 Å². The van der Waals surface area contributed by atoms with E-state index >= 15 is 0 Å². The highest BCUT2D eigenvalue weighted by Crippen LogP contribution is 2.26. The van der Waals surface area contributed by atoms with Crippen molar-refractivity contribution in [3.63, 3.8) is 0 Å². The summed E-state index contributed by atoms with van der Waals surface area (Å²) in [7, 11) is 0. The maximum Gasteiger partial charge on any atom is 0.0194 e. The molecule has 12 heavy (non-hydrogen) atoms. The zero-order chi connectivity index (χ0) is 8.39. The first-order valence-electron chi connectivity index (χ1n) is 4.78. The van der Waals surface area contributed by atoms with E-state index in [4.69, 9.17) is 0 Å². The summed E-state index contributed by atoms with van der Waals surface area (Å²) in [6.07, 6.45) is 1.39. The fourth-order valence-corrected chi connectivity index (χ4v) is 4.43. The highest BCUT2D eigenvalue weighted by atomic mass is 32.2. The molecule has 0 spiro atoms. The van der Waals surface area contributed by atoms with Crippen LogP contribution in [-0.4, -0.2) is 35.1 Å². The lowest BCUT2D eigenvalue weighted by atomic mass is 10.1. The Labute approximate surface area is 83.4 Å². The van der Waals surface area contributed by atoms with Crippen molar-refractivity contribution in [2.45, 2.75) is 25.4 Å². The molecule has 0 saturated carbocycles. The van der Waals surface area contributed by atoms with Crippen molar-refractivity contribution in [1.82, 2.24) is 5.32 Å². The normalized spacial score (nSPS) is 42.2. The maximum atomic E-state index is 3.79. The van der Waals surface area contributed by atoms with Gasteiger partial charge in [-0.25, -0.2) is 0 Å². The largest absolute Gasteiger partial charge is 0.309 e. The second kappa shape index (κ2) is 4.25. The van der Waals surface area contributed by atoms with Gasteiger partial charge in [0.2, 0.25) is 0 Å². The summed E-state index contributed by atoms with van der Waals surface area (Å²) >= 11 is 4.20. The van der Waals surface area contributed by atoms with Crippen LogP contribution in [0.1, 0.15) is 13.3 Å². The van der Waals surface area contributed by atoms with Crippen LogP contribution in [0.3, 0.4) is 0 Å². The topological polar surface area (TPSA) is 12.0 Å². The highest BCUT2D eigenvalue weighted by molar-refractivity contribution is 7.99. The van der Waals surface area contributed by atoms with Gasteiger partial charge in [0.1, 0.15) is 0 Å². The van der Waals surface area contributed by atoms with Crippen LogP contribution in [-0.2, 0) is 0 Å². The first kappa shape index (κ1) is 9.22. The summed E-state index contributed by atoms with van der Waals surface area (Å²) in [6.45, 7) is 2.37. The zero-order valence-corrected chi connectivity index (χ0v) is 9.22. The molecule has 3 unspecified atom stereocenters. The Hall–Kier alpha value is 0.660. The van der Waals surface area contributed by atoms with Crippen LogP contribution in [0.15, 0.2) is 0 Å². The Bertz CT molecular complexity index is 145. The summed E-state index contributed by atoms with van der Waals surface area (Å²) < 4.78 is 0. The second-order valence-corrected chi connectivity index (χ2v) is 6.07. The Morgan fingerprint density at radius 3 is 2.67 bits per heavy atom. The zero-order valence-electron chi connectivity index (χ0n) is 7.58. The number of thioether (sulfide) groups is 2. The predicted molar refractivity (Wildman–Crippen MR) is 59.1 cm³/mol. The lowest BCUT2D eigenvalue weighted by molar-refractivity contribution is 0.408. The Morgan fingerprint density at radius 1 is 1.17 bits per heavy atom. The van der Waals surface area contributed by atoms with Crippen molar-refractivity contribution in [2.75, 3.05) is 23.0 Å². The first-order chi connectivity index (χ1) is 5.86. The van der Waals surface area contributed by atoms with E-state index in [1.165, 1.54) is 29.4 Å². The standard InChI is InChI=1S/C9H17NS2/c1-7-4-12-6-9(7)10-8-2-3-11-5-8/h7-10H,2-6H2,1H3. The summed E-state index contributed by atoms with van der Waals surface area (Å²) in [5.74, 6) is 6.29. The van der Waals surface area contributed by atoms with Gasteiger partial charge < -0.3 is 5.32 Å². The molecular weight excluding hydrogens is 186 g/mol. The van der Waals surface area contributed by atoms with Gasteiger partial charge in [0.25, 0.3) is 0 Å². The van der Waals surface area contributed by atoms with Gasteiger partial charge in [-0.1, -0.05) is 6.92 Å². The van der Waals surface area contributed by atoms with Crippen molar-refractivity contribution in [1.29, 1.82) is 0 Å². The number of hydrogen-bond acceptors (Lipinski definition) is 3. The van der Waals surface area contributed by atoms with Crippen LogP contribution < -0.4 is 5.32 Å². The van der Waals surface area contributed by atoms with E-state index in [1.54, 1.807) is 0 Å². The van der Waals surface area contributed by atoms with Crippen molar-refractivity contribution in [2.24, 2.45) is 5.92 Å². The molecule has 1 nitrogen and oxygen atoms in total. The third kappa shape index (κ3) is 2.12. The van der Waals surface area contributed by atoms with E-state index in [-0.39, 0.29) is 0 Å². The van der Waals surface area contributed by atoms with Gasteiger partial charge in [-0.05, 0) is 23.8 Å². The molecule has 0 bridgehead atoms. The van der Waals surface area contributed by atoms with E-state index in [9.17, 15) is 0 Å². The van der Waals surface area contributed by atoms with Crippen LogP contribution in [0.25, 0.3) is 0 Å². The van der Waals surface area contributed by atoms with Crippen molar-refractivity contribution >= 4 is 23.5 Å². The van der Waals surface area contributed by atoms with Crippen LogP contribution >= 0.6 is 23.5 Å². The summed E-state index contributed by atoms with van der Waals surface area (Å²) in [6, 6.07) is 1.62. The second-order valence-electron chi connectivity index (χ2n) is 3.85. The Morgan fingerprint density at radius 2 is 2.08 bits per heavy atom. The molecule has 1 N–H and O–H groups in total. The Kier molecular flexibility index (Phi) is 3.27. The van der Waals surface area contributed by atoms with E-state index in [2.05, 4.69) is 35.8 Å². The fourth-order valence-electron chi connectivity index (χ4n) is 1.84. The van der Waals surface area contributed by atoms with Crippen LogP contribution in [0, 0.1) is 5.92 Å². The highest BCUT2D eigenvalue weighted by Gasteiger charge is 2.27. The summed E-state index contributed by atoms with van der Waals surface area (Å²) in [5.41, 5.74) is 0. The quantitative estimate of drug-likeness (QED) is 0.735. The van der Waals surface area contributed by atoms with Gasteiger partial charge in [-0.3, -0.25) is 0 Å². The first-order valence-corrected chi connectivity index (χ1v) is 7.09. The molecule has 2 heterocycles. The van der Waals surface area contributed by atoms with Crippen LogP contribution in [0.4, 0.5) is 0 Å². The third-order valence-corrected chi connectivity index (χ3v) is 5.26. The van der Waals surface area contributed by atoms with Crippen LogP contribution in [0.5, 0.6) is 0 Å². The predicted octanol–water partition coefficient (Wildman–Crippen LogP) is 1.83. The fraction of sp³-hybridized carbons (Fsp3) is 1.00. The minimum atomic E-state index is 0.804. The molecule has 0 amide bonds. The van der Waals surface area contributed by atoms with Crippen molar-refractivity contribution in [3.05, 3.63) is 0 Å². The molecule has 0 aromatic carbocycles. The molecule has 0 aromatic rings. The smallest absolute Gasteiger partial charge is 0.0194 e. The number of nitrogens with one attached hydrogen (secondary N) is 1. The lowest BCUT2D eigenvalue weighted by Gasteiger charge is -2.20. The molecule has 2 aliphatic heterocycles. The monoisotopic (exact) mass is 203 g/mol. The average molecular weight is 203 g/mol. The molecule has 0 radical (unpaired) electrons. The molecule has 3 heteroatoms. The van der Waals surface area contributed by atoms with E-state index in [1.807, 2.05) is 0 Å². The van der Waals surface area contributed by atoms with Crippen LogP contribution in [0.2, 0.25) is 0 Å². The van der Waals surface area contributed by atoms with Crippen molar-refractivity contribution in [3.8, 4) is 0 Å². The molecule has 70 valence electrons. The minimum Gasteiger partial charge on any atom is -0.309 e.